The Bertz CT molecular complexity index is 499. The standard InChI is InChI=1S/C14H16N2O/c1-16-8-5-11-9-12(3-4-13(11)16)14(15-10-17)6-2-7-14/h3-4,9H,2,5-8H2,1H3. The largest absolute Gasteiger partial charge is 0.374 e. The maximum Gasteiger partial charge on any atom is 0.235 e. The summed E-state index contributed by atoms with van der Waals surface area (Å²) in [5.74, 6) is 0. The molecule has 3 nitrogen and oxygen atoms in total. The zero-order valence-electron chi connectivity index (χ0n) is 10.1. The molecule has 0 N–H and O–H groups in total. The summed E-state index contributed by atoms with van der Waals surface area (Å²) in [6, 6.07) is 6.53. The molecule has 0 aromatic heterocycles. The van der Waals surface area contributed by atoms with Crippen molar-refractivity contribution in [2.45, 2.75) is 31.2 Å². The van der Waals surface area contributed by atoms with Crippen LogP contribution >= 0.6 is 0 Å². The smallest absolute Gasteiger partial charge is 0.235 e. The van der Waals surface area contributed by atoms with Gasteiger partial charge in [-0.15, -0.1) is 0 Å². The monoisotopic (exact) mass is 228 g/mol. The Morgan fingerprint density at radius 3 is 2.88 bits per heavy atom. The van der Waals surface area contributed by atoms with Gasteiger partial charge in [-0.05, 0) is 42.9 Å². The Morgan fingerprint density at radius 2 is 2.24 bits per heavy atom. The van der Waals surface area contributed by atoms with Crippen molar-refractivity contribution >= 4 is 11.8 Å². The van der Waals surface area contributed by atoms with Gasteiger partial charge in [0.2, 0.25) is 6.08 Å². The summed E-state index contributed by atoms with van der Waals surface area (Å²) in [6.07, 6.45) is 5.97. The lowest BCUT2D eigenvalue weighted by Gasteiger charge is -2.37. The lowest BCUT2D eigenvalue weighted by molar-refractivity contribution is 0.256. The van der Waals surface area contributed by atoms with Crippen LogP contribution in [0.5, 0.6) is 0 Å². The van der Waals surface area contributed by atoms with E-state index in [0.717, 1.165) is 32.2 Å². The summed E-state index contributed by atoms with van der Waals surface area (Å²) in [6.45, 7) is 1.09. The number of rotatable bonds is 2. The Hall–Kier alpha value is -1.60. The predicted molar refractivity (Wildman–Crippen MR) is 67.1 cm³/mol. The van der Waals surface area contributed by atoms with Crippen molar-refractivity contribution in [3.63, 3.8) is 0 Å². The maximum atomic E-state index is 10.6. The van der Waals surface area contributed by atoms with Crippen LogP contribution in [-0.2, 0) is 16.8 Å². The highest BCUT2D eigenvalue weighted by atomic mass is 16.1. The van der Waals surface area contributed by atoms with Gasteiger partial charge >= 0.3 is 0 Å². The van der Waals surface area contributed by atoms with Gasteiger partial charge in [0.05, 0.1) is 5.54 Å². The van der Waals surface area contributed by atoms with E-state index in [1.807, 2.05) is 0 Å². The molecule has 17 heavy (non-hydrogen) atoms. The van der Waals surface area contributed by atoms with Crippen molar-refractivity contribution in [2.75, 3.05) is 18.5 Å². The van der Waals surface area contributed by atoms with Crippen molar-refractivity contribution in [3.05, 3.63) is 29.3 Å². The van der Waals surface area contributed by atoms with E-state index in [2.05, 4.69) is 35.1 Å². The molecule has 1 aromatic rings. The second-order valence-corrected chi connectivity index (χ2v) is 5.10. The fraction of sp³-hybridized carbons (Fsp3) is 0.500. The number of nitrogens with zero attached hydrogens (tertiary/aromatic N) is 2. The molecule has 2 aliphatic rings. The molecule has 0 radical (unpaired) electrons. The molecule has 1 aliphatic carbocycles. The molecule has 3 heteroatoms. The van der Waals surface area contributed by atoms with Crippen LogP contribution in [0.2, 0.25) is 0 Å². The summed E-state index contributed by atoms with van der Waals surface area (Å²) in [5.41, 5.74) is 3.65. The first kappa shape index (κ1) is 10.5. The first-order valence-electron chi connectivity index (χ1n) is 6.19. The van der Waals surface area contributed by atoms with Crippen LogP contribution in [0.15, 0.2) is 23.2 Å². The quantitative estimate of drug-likeness (QED) is 0.575. The van der Waals surface area contributed by atoms with Gasteiger partial charge in [-0.2, -0.15) is 4.99 Å². The van der Waals surface area contributed by atoms with Crippen LogP contribution < -0.4 is 4.90 Å². The average Bonchev–Trinajstić information content (AvgIpc) is 2.65. The van der Waals surface area contributed by atoms with Crippen LogP contribution in [0.4, 0.5) is 5.69 Å². The molecule has 88 valence electrons. The van der Waals surface area contributed by atoms with Crippen LogP contribution in [0.1, 0.15) is 30.4 Å². The molecular formula is C14H16N2O. The lowest BCUT2D eigenvalue weighted by Crippen LogP contribution is -2.31. The lowest BCUT2D eigenvalue weighted by atomic mass is 9.72. The molecule has 0 saturated heterocycles. The number of isocyanates is 1. The van der Waals surface area contributed by atoms with E-state index in [-0.39, 0.29) is 5.54 Å². The number of fused-ring (bicyclic) bond motifs is 1. The molecule has 1 saturated carbocycles. The predicted octanol–water partition coefficient (Wildman–Crippen LogP) is 2.39. The topological polar surface area (TPSA) is 32.7 Å². The molecule has 0 spiro atoms. The minimum absolute atomic E-state index is 0.252. The number of carbonyl (C=O) groups excluding carboxylic acids is 1. The van der Waals surface area contributed by atoms with E-state index in [1.54, 1.807) is 6.08 Å². The van der Waals surface area contributed by atoms with Gasteiger partial charge in [0.25, 0.3) is 0 Å². The minimum Gasteiger partial charge on any atom is -0.374 e. The average molecular weight is 228 g/mol. The van der Waals surface area contributed by atoms with E-state index in [9.17, 15) is 4.79 Å². The maximum absolute atomic E-state index is 10.6. The Morgan fingerprint density at radius 1 is 1.41 bits per heavy atom. The third-order valence-electron chi connectivity index (χ3n) is 4.19. The Balaban J connectivity index is 2.02. The van der Waals surface area contributed by atoms with E-state index in [1.165, 1.54) is 16.8 Å². The van der Waals surface area contributed by atoms with Crippen molar-refractivity contribution in [1.82, 2.24) is 0 Å². The molecule has 1 aliphatic heterocycles. The zero-order chi connectivity index (χ0) is 11.9. The van der Waals surface area contributed by atoms with Gasteiger partial charge in [-0.1, -0.05) is 12.1 Å². The molecular weight excluding hydrogens is 212 g/mol. The first-order chi connectivity index (χ1) is 8.25. The fourth-order valence-electron chi connectivity index (χ4n) is 2.92. The third kappa shape index (κ3) is 1.50. The van der Waals surface area contributed by atoms with Crippen molar-refractivity contribution in [1.29, 1.82) is 0 Å². The van der Waals surface area contributed by atoms with E-state index in [0.29, 0.717) is 0 Å². The van der Waals surface area contributed by atoms with Crippen LogP contribution in [-0.4, -0.2) is 19.7 Å². The van der Waals surface area contributed by atoms with Gasteiger partial charge in [0.1, 0.15) is 0 Å². The van der Waals surface area contributed by atoms with Gasteiger partial charge < -0.3 is 4.90 Å². The summed E-state index contributed by atoms with van der Waals surface area (Å²) >= 11 is 0. The minimum atomic E-state index is -0.252. The number of hydrogen-bond acceptors (Lipinski definition) is 3. The SMILES string of the molecule is CN1CCc2cc(C3(N=C=O)CCC3)ccc21. The van der Waals surface area contributed by atoms with Gasteiger partial charge in [-0.3, -0.25) is 0 Å². The third-order valence-corrected chi connectivity index (χ3v) is 4.19. The fourth-order valence-corrected chi connectivity index (χ4v) is 2.92. The summed E-state index contributed by atoms with van der Waals surface area (Å²) in [5, 5.41) is 0. The first-order valence-corrected chi connectivity index (χ1v) is 6.19. The number of anilines is 1. The van der Waals surface area contributed by atoms with Crippen LogP contribution in [0.25, 0.3) is 0 Å². The molecule has 1 fully saturated rings. The molecule has 0 atom stereocenters. The summed E-state index contributed by atoms with van der Waals surface area (Å²) in [4.78, 5) is 16.9. The summed E-state index contributed by atoms with van der Waals surface area (Å²) < 4.78 is 0. The molecule has 0 amide bonds. The van der Waals surface area contributed by atoms with Crippen LogP contribution in [0.3, 0.4) is 0 Å². The number of likely N-dealkylation sites (N-methyl/N-ethyl adjacent to an activating group) is 1. The number of benzene rings is 1. The Kier molecular flexibility index (Phi) is 2.30. The number of aliphatic imine (C=N–C) groups is 1. The van der Waals surface area contributed by atoms with E-state index >= 15 is 0 Å². The summed E-state index contributed by atoms with van der Waals surface area (Å²) in [7, 11) is 2.12. The van der Waals surface area contributed by atoms with Crippen molar-refractivity contribution in [2.24, 2.45) is 4.99 Å². The Labute approximate surface area is 101 Å². The highest BCUT2D eigenvalue weighted by molar-refractivity contribution is 5.59. The molecule has 0 bridgehead atoms. The normalized spacial score (nSPS) is 20.4. The molecule has 3 rings (SSSR count). The van der Waals surface area contributed by atoms with Crippen molar-refractivity contribution < 1.29 is 4.79 Å². The molecule has 1 aromatic carbocycles. The molecule has 0 unspecified atom stereocenters. The van der Waals surface area contributed by atoms with E-state index in [4.69, 9.17) is 0 Å². The zero-order valence-corrected chi connectivity index (χ0v) is 10.1. The number of hydrogen-bond donors (Lipinski definition) is 0. The highest BCUT2D eigenvalue weighted by Gasteiger charge is 2.39. The van der Waals surface area contributed by atoms with Gasteiger partial charge in [0, 0.05) is 19.3 Å². The highest BCUT2D eigenvalue weighted by Crippen LogP contribution is 2.46. The van der Waals surface area contributed by atoms with Crippen molar-refractivity contribution in [3.8, 4) is 0 Å². The molecule has 1 heterocycles. The van der Waals surface area contributed by atoms with E-state index < -0.39 is 0 Å². The second kappa shape index (κ2) is 3.71. The van der Waals surface area contributed by atoms with Gasteiger partial charge in [0.15, 0.2) is 0 Å². The van der Waals surface area contributed by atoms with Gasteiger partial charge in [-0.25, -0.2) is 4.79 Å². The second-order valence-electron chi connectivity index (χ2n) is 5.10. The van der Waals surface area contributed by atoms with Crippen LogP contribution in [0, 0.1) is 0 Å².